The quantitative estimate of drug-likeness (QED) is 0.681. The van der Waals surface area contributed by atoms with E-state index in [4.69, 9.17) is 0 Å². The van der Waals surface area contributed by atoms with E-state index >= 15 is 0 Å². The first-order chi connectivity index (χ1) is 6.68. The van der Waals surface area contributed by atoms with E-state index in [1.165, 1.54) is 0 Å². The summed E-state index contributed by atoms with van der Waals surface area (Å²) in [4.78, 5) is 23.2. The molecule has 4 amide bonds. The lowest BCUT2D eigenvalue weighted by molar-refractivity contribution is 0.249. The number of azo groups is 1. The first-order valence-electron chi connectivity index (χ1n) is 4.05. The monoisotopic (exact) mass is 189 g/mol. The number of nitrogens with zero attached hydrogens (tertiary/aromatic N) is 3. The first-order valence-corrected chi connectivity index (χ1v) is 4.05. The fourth-order valence-electron chi connectivity index (χ4n) is 1.24. The van der Waals surface area contributed by atoms with Crippen molar-refractivity contribution < 1.29 is 9.59 Å². The lowest BCUT2D eigenvalue weighted by Gasteiger charge is -2.10. The number of hydrogen-bond donors (Lipinski definition) is 0. The predicted molar refractivity (Wildman–Crippen MR) is 49.3 cm³/mol. The predicted octanol–water partition coefficient (Wildman–Crippen LogP) is 2.51. The van der Waals surface area contributed by atoms with Gasteiger partial charge in [0.25, 0.3) is 0 Å². The molecule has 14 heavy (non-hydrogen) atoms. The van der Waals surface area contributed by atoms with Gasteiger partial charge in [-0.2, -0.15) is 0 Å². The number of carbonyl (C=O) groups excluding carboxylic acids is 2. The Morgan fingerprint density at radius 3 is 2.36 bits per heavy atom. The second-order valence-corrected chi connectivity index (χ2v) is 2.94. The number of hydrogen-bond acceptors (Lipinski definition) is 2. The fraction of sp³-hybridized carbons (Fsp3) is 0.111. The normalized spacial score (nSPS) is 15.4. The largest absolute Gasteiger partial charge is 0.375 e. The molecule has 0 bridgehead atoms. The van der Waals surface area contributed by atoms with Gasteiger partial charge in [-0.3, -0.25) is 0 Å². The van der Waals surface area contributed by atoms with Gasteiger partial charge in [0.15, 0.2) is 0 Å². The van der Waals surface area contributed by atoms with Crippen LogP contribution < -0.4 is 4.90 Å². The molecule has 5 nitrogen and oxygen atoms in total. The molecule has 0 N–H and O–H groups in total. The van der Waals surface area contributed by atoms with Crippen LogP contribution >= 0.6 is 0 Å². The molecule has 5 heteroatoms. The molecule has 0 radical (unpaired) electrons. The molecule has 0 saturated heterocycles. The number of aryl methyl sites for hydroxylation is 1. The van der Waals surface area contributed by atoms with Crippen molar-refractivity contribution >= 4 is 17.7 Å². The summed E-state index contributed by atoms with van der Waals surface area (Å²) in [5, 5.41) is 6.33. The van der Waals surface area contributed by atoms with Crippen LogP contribution in [0.2, 0.25) is 0 Å². The van der Waals surface area contributed by atoms with Crippen LogP contribution in [0.1, 0.15) is 5.56 Å². The fourth-order valence-corrected chi connectivity index (χ4v) is 1.24. The Morgan fingerprint density at radius 2 is 1.79 bits per heavy atom. The highest BCUT2D eigenvalue weighted by Crippen LogP contribution is 2.20. The van der Waals surface area contributed by atoms with Gasteiger partial charge in [-0.05, 0) is 24.6 Å². The van der Waals surface area contributed by atoms with Gasteiger partial charge in [-0.1, -0.05) is 22.4 Å². The van der Waals surface area contributed by atoms with Gasteiger partial charge < -0.3 is 0 Å². The van der Waals surface area contributed by atoms with Gasteiger partial charge in [0.2, 0.25) is 0 Å². The summed E-state index contributed by atoms with van der Waals surface area (Å²) in [5.74, 6) is 0. The van der Waals surface area contributed by atoms with Crippen molar-refractivity contribution in [1.29, 1.82) is 0 Å². The Balaban J connectivity index is 2.41. The number of carbonyl (C=O) groups is 2. The highest BCUT2D eigenvalue weighted by Gasteiger charge is 2.28. The summed E-state index contributed by atoms with van der Waals surface area (Å²) in [6.07, 6.45) is 0. The van der Waals surface area contributed by atoms with Gasteiger partial charge >= 0.3 is 12.1 Å². The molecule has 0 aliphatic carbocycles. The molecule has 0 fully saturated rings. The molecule has 0 aromatic heterocycles. The zero-order chi connectivity index (χ0) is 10.1. The smallest absolute Gasteiger partial charge is 0.243 e. The summed E-state index contributed by atoms with van der Waals surface area (Å²) in [6.45, 7) is 1.88. The molecule has 0 saturated carbocycles. The average molecular weight is 189 g/mol. The van der Waals surface area contributed by atoms with Crippen molar-refractivity contribution in [2.45, 2.75) is 6.92 Å². The lowest BCUT2D eigenvalue weighted by atomic mass is 10.2. The third kappa shape index (κ3) is 1.28. The summed E-state index contributed by atoms with van der Waals surface area (Å²) in [7, 11) is 0. The molecule has 0 spiro atoms. The molecule has 1 aliphatic heterocycles. The van der Waals surface area contributed by atoms with Crippen molar-refractivity contribution in [2.75, 3.05) is 4.90 Å². The molecule has 1 aliphatic rings. The van der Waals surface area contributed by atoms with Crippen LogP contribution in [0.15, 0.2) is 34.5 Å². The Kier molecular flexibility index (Phi) is 1.85. The zero-order valence-electron chi connectivity index (χ0n) is 7.47. The topological polar surface area (TPSA) is 62.1 Å². The molecule has 0 unspecified atom stereocenters. The van der Waals surface area contributed by atoms with Crippen LogP contribution in [-0.2, 0) is 0 Å². The maximum Gasteiger partial charge on any atom is 0.375 e. The van der Waals surface area contributed by atoms with E-state index in [0.29, 0.717) is 5.69 Å². The van der Waals surface area contributed by atoms with Crippen molar-refractivity contribution in [1.82, 2.24) is 0 Å². The molecule has 0 atom stereocenters. The summed E-state index contributed by atoms with van der Waals surface area (Å²) in [6, 6.07) is 5.76. The van der Waals surface area contributed by atoms with Crippen molar-refractivity contribution in [3.05, 3.63) is 29.8 Å². The molecule has 70 valence electrons. The molecule has 2 rings (SSSR count). The summed E-state index contributed by atoms with van der Waals surface area (Å²) >= 11 is 0. The highest BCUT2D eigenvalue weighted by atomic mass is 16.2. The number of imide groups is 1. The van der Waals surface area contributed by atoms with Gasteiger partial charge in [-0.15, -0.1) is 0 Å². The summed E-state index contributed by atoms with van der Waals surface area (Å²) < 4.78 is 0. The minimum absolute atomic E-state index is 0.505. The Morgan fingerprint density at radius 1 is 1.14 bits per heavy atom. The second kappa shape index (κ2) is 3.02. The molecular formula is C9H7N3O2. The highest BCUT2D eigenvalue weighted by molar-refractivity contribution is 6.17. The van der Waals surface area contributed by atoms with E-state index in [9.17, 15) is 9.59 Å². The van der Waals surface area contributed by atoms with Crippen molar-refractivity contribution in [3.8, 4) is 0 Å². The Hall–Kier alpha value is -2.04. The van der Waals surface area contributed by atoms with E-state index in [0.717, 1.165) is 10.5 Å². The third-order valence-electron chi connectivity index (χ3n) is 1.86. The Bertz CT molecular complexity index is 421. The lowest BCUT2D eigenvalue weighted by Crippen LogP contribution is -2.27. The molecule has 1 heterocycles. The zero-order valence-corrected chi connectivity index (χ0v) is 7.47. The van der Waals surface area contributed by atoms with Crippen LogP contribution in [0.3, 0.4) is 0 Å². The van der Waals surface area contributed by atoms with Gasteiger partial charge in [0.05, 0.1) is 5.69 Å². The molecule has 1 aromatic rings. The van der Waals surface area contributed by atoms with Gasteiger partial charge in [-0.25, -0.2) is 14.5 Å². The van der Waals surface area contributed by atoms with E-state index in [1.807, 2.05) is 13.0 Å². The number of urea groups is 2. The first kappa shape index (κ1) is 8.55. The van der Waals surface area contributed by atoms with Gasteiger partial charge in [0, 0.05) is 0 Å². The SMILES string of the molecule is Cc1cccc(N2C(=O)N=NC2=O)c1. The molecular weight excluding hydrogens is 182 g/mol. The van der Waals surface area contributed by atoms with Crippen LogP contribution in [0.25, 0.3) is 0 Å². The average Bonchev–Trinajstić information content (AvgIpc) is 2.46. The van der Waals surface area contributed by atoms with Crippen LogP contribution in [-0.4, -0.2) is 12.1 Å². The van der Waals surface area contributed by atoms with Crippen LogP contribution in [0, 0.1) is 6.92 Å². The number of anilines is 1. The minimum Gasteiger partial charge on any atom is -0.243 e. The molecule has 1 aromatic carbocycles. The maximum atomic E-state index is 11.1. The van der Waals surface area contributed by atoms with Crippen LogP contribution in [0.4, 0.5) is 15.3 Å². The van der Waals surface area contributed by atoms with Crippen molar-refractivity contribution in [3.63, 3.8) is 0 Å². The van der Waals surface area contributed by atoms with E-state index in [2.05, 4.69) is 10.2 Å². The number of benzene rings is 1. The standard InChI is InChI=1S/C9H7N3O2/c1-6-3-2-4-7(5-6)12-8(13)10-11-9(12)14/h2-5H,1H3. The number of rotatable bonds is 1. The van der Waals surface area contributed by atoms with Crippen molar-refractivity contribution in [2.24, 2.45) is 10.2 Å². The second-order valence-electron chi connectivity index (χ2n) is 2.94. The minimum atomic E-state index is -0.638. The number of amides is 4. The Labute approximate surface area is 80.1 Å². The summed E-state index contributed by atoms with van der Waals surface area (Å²) in [5.41, 5.74) is 1.47. The van der Waals surface area contributed by atoms with E-state index in [-0.39, 0.29) is 0 Å². The van der Waals surface area contributed by atoms with Crippen LogP contribution in [0.5, 0.6) is 0 Å². The van der Waals surface area contributed by atoms with E-state index in [1.54, 1.807) is 18.2 Å². The third-order valence-corrected chi connectivity index (χ3v) is 1.86. The van der Waals surface area contributed by atoms with Gasteiger partial charge in [0.1, 0.15) is 0 Å². The maximum absolute atomic E-state index is 11.1. The van der Waals surface area contributed by atoms with E-state index < -0.39 is 12.1 Å².